The predicted octanol–water partition coefficient (Wildman–Crippen LogP) is 5.97. The lowest BCUT2D eigenvalue weighted by Crippen LogP contribution is -1.71. The summed E-state index contributed by atoms with van der Waals surface area (Å²) in [6.07, 6.45) is 0. The molecule has 0 aliphatic heterocycles. The number of halogens is 2. The average Bonchev–Trinajstić information content (AvgIpc) is 2.88. The van der Waals surface area contributed by atoms with Crippen molar-refractivity contribution in [1.29, 1.82) is 0 Å². The molecule has 4 rings (SSSR count). The van der Waals surface area contributed by atoms with Crippen LogP contribution in [0.2, 0.25) is 9.49 Å². The Kier molecular flexibility index (Phi) is 2.33. The van der Waals surface area contributed by atoms with E-state index in [9.17, 15) is 0 Å². The summed E-state index contributed by atoms with van der Waals surface area (Å²) in [6.45, 7) is 0. The molecule has 0 fully saturated rings. The van der Waals surface area contributed by atoms with E-state index < -0.39 is 0 Å². The molecule has 0 aliphatic carbocycles. The van der Waals surface area contributed by atoms with E-state index >= 15 is 0 Å². The van der Waals surface area contributed by atoms with Crippen LogP contribution in [0.3, 0.4) is 0 Å². The Morgan fingerprint density at radius 3 is 2.67 bits per heavy atom. The van der Waals surface area contributed by atoms with E-state index in [1.165, 1.54) is 16.0 Å². The highest BCUT2D eigenvalue weighted by Crippen LogP contribution is 2.42. The zero-order chi connectivity index (χ0) is 12.3. The molecule has 2 aromatic heterocycles. The van der Waals surface area contributed by atoms with Gasteiger partial charge in [0.1, 0.15) is 0 Å². The standard InChI is InChI=1S/C13H5Cl2NS2/c14-7-3-1-2-6-10-8(17-12(6)7)4-5-9-11(10)16-13(15)18-9/h1-5H. The van der Waals surface area contributed by atoms with Crippen molar-refractivity contribution < 1.29 is 0 Å². The molecule has 0 N–H and O–H groups in total. The third-order valence-corrected chi connectivity index (χ3v) is 5.70. The first kappa shape index (κ1) is 11.0. The van der Waals surface area contributed by atoms with Crippen LogP contribution in [0, 0.1) is 0 Å². The van der Waals surface area contributed by atoms with Gasteiger partial charge < -0.3 is 0 Å². The van der Waals surface area contributed by atoms with Gasteiger partial charge in [-0.2, -0.15) is 0 Å². The molecule has 2 aromatic carbocycles. The Labute approximate surface area is 121 Å². The van der Waals surface area contributed by atoms with Gasteiger partial charge in [0.2, 0.25) is 0 Å². The number of hydrogen-bond donors (Lipinski definition) is 0. The molecule has 0 saturated heterocycles. The van der Waals surface area contributed by atoms with Gasteiger partial charge in [-0.25, -0.2) is 4.98 Å². The molecule has 0 radical (unpaired) electrons. The van der Waals surface area contributed by atoms with E-state index in [1.54, 1.807) is 11.3 Å². The number of rotatable bonds is 0. The topological polar surface area (TPSA) is 12.9 Å². The van der Waals surface area contributed by atoms with Gasteiger partial charge in [-0.3, -0.25) is 0 Å². The molecule has 1 nitrogen and oxygen atoms in total. The number of nitrogens with zero attached hydrogens (tertiary/aromatic N) is 1. The van der Waals surface area contributed by atoms with Crippen LogP contribution in [0.25, 0.3) is 30.4 Å². The van der Waals surface area contributed by atoms with Crippen molar-refractivity contribution in [1.82, 2.24) is 4.98 Å². The molecule has 0 aliphatic rings. The van der Waals surface area contributed by atoms with Crippen molar-refractivity contribution in [3.63, 3.8) is 0 Å². The normalized spacial score (nSPS) is 11.9. The number of fused-ring (bicyclic) bond motifs is 5. The minimum Gasteiger partial charge on any atom is -0.224 e. The highest BCUT2D eigenvalue weighted by atomic mass is 35.5. The summed E-state index contributed by atoms with van der Waals surface area (Å²) in [5, 5.41) is 3.12. The predicted molar refractivity (Wildman–Crippen MR) is 82.5 cm³/mol. The maximum Gasteiger partial charge on any atom is 0.184 e. The first-order valence-electron chi connectivity index (χ1n) is 5.30. The number of aromatic nitrogens is 1. The maximum absolute atomic E-state index is 6.25. The Bertz CT molecular complexity index is 907. The molecule has 0 unspecified atom stereocenters. The molecule has 4 aromatic rings. The lowest BCUT2D eigenvalue weighted by atomic mass is 10.1. The van der Waals surface area contributed by atoms with Crippen LogP contribution >= 0.6 is 45.9 Å². The van der Waals surface area contributed by atoms with Gasteiger partial charge in [-0.1, -0.05) is 35.3 Å². The summed E-state index contributed by atoms with van der Waals surface area (Å²) < 4.78 is 4.02. The van der Waals surface area contributed by atoms with Crippen LogP contribution in [0.5, 0.6) is 0 Å². The summed E-state index contributed by atoms with van der Waals surface area (Å²) in [5.74, 6) is 0. The van der Waals surface area contributed by atoms with Gasteiger partial charge in [0.05, 0.1) is 19.9 Å². The van der Waals surface area contributed by atoms with E-state index in [1.807, 2.05) is 12.1 Å². The van der Waals surface area contributed by atoms with E-state index in [2.05, 4.69) is 23.2 Å². The molecule has 0 bridgehead atoms. The maximum atomic E-state index is 6.25. The van der Waals surface area contributed by atoms with Gasteiger partial charge in [0.15, 0.2) is 4.47 Å². The molecule has 88 valence electrons. The van der Waals surface area contributed by atoms with Crippen molar-refractivity contribution in [2.75, 3.05) is 0 Å². The highest BCUT2D eigenvalue weighted by Gasteiger charge is 2.13. The van der Waals surface area contributed by atoms with Crippen LogP contribution in [0.15, 0.2) is 30.3 Å². The summed E-state index contributed by atoms with van der Waals surface area (Å²) in [4.78, 5) is 4.44. The summed E-state index contributed by atoms with van der Waals surface area (Å²) in [7, 11) is 0. The highest BCUT2D eigenvalue weighted by molar-refractivity contribution is 7.27. The quantitative estimate of drug-likeness (QED) is 0.390. The lowest BCUT2D eigenvalue weighted by Gasteiger charge is -1.94. The second kappa shape index (κ2) is 3.81. The number of thiophene rings is 1. The summed E-state index contributed by atoms with van der Waals surface area (Å²) in [6, 6.07) is 10.2. The number of hydrogen-bond acceptors (Lipinski definition) is 3. The molecule has 18 heavy (non-hydrogen) atoms. The van der Waals surface area contributed by atoms with E-state index in [0.717, 1.165) is 30.7 Å². The minimum absolute atomic E-state index is 0.582. The summed E-state index contributed by atoms with van der Waals surface area (Å²) >= 11 is 15.5. The monoisotopic (exact) mass is 309 g/mol. The fourth-order valence-corrected chi connectivity index (χ4v) is 4.65. The first-order chi connectivity index (χ1) is 8.74. The largest absolute Gasteiger partial charge is 0.224 e. The van der Waals surface area contributed by atoms with Crippen LogP contribution in [-0.2, 0) is 0 Å². The first-order valence-corrected chi connectivity index (χ1v) is 7.69. The Morgan fingerprint density at radius 2 is 1.78 bits per heavy atom. The second-order valence-electron chi connectivity index (χ2n) is 3.97. The molecule has 0 saturated carbocycles. The molecule has 5 heteroatoms. The van der Waals surface area contributed by atoms with Crippen molar-refractivity contribution >= 4 is 76.3 Å². The Morgan fingerprint density at radius 1 is 0.944 bits per heavy atom. The minimum atomic E-state index is 0.582. The molecular weight excluding hydrogens is 305 g/mol. The molecule has 0 spiro atoms. The SMILES string of the molecule is Clc1nc2c(ccc3sc4c(Cl)cccc4c32)s1. The van der Waals surface area contributed by atoms with Crippen molar-refractivity contribution in [2.45, 2.75) is 0 Å². The zero-order valence-electron chi connectivity index (χ0n) is 8.91. The third-order valence-electron chi connectivity index (χ3n) is 2.94. The van der Waals surface area contributed by atoms with E-state index in [0.29, 0.717) is 4.47 Å². The van der Waals surface area contributed by atoms with Crippen LogP contribution < -0.4 is 0 Å². The zero-order valence-corrected chi connectivity index (χ0v) is 12.1. The van der Waals surface area contributed by atoms with Gasteiger partial charge in [0, 0.05) is 15.5 Å². The fraction of sp³-hybridized carbons (Fsp3) is 0. The summed E-state index contributed by atoms with van der Waals surface area (Å²) in [5.41, 5.74) is 0.982. The van der Waals surface area contributed by atoms with Gasteiger partial charge in [0.25, 0.3) is 0 Å². The van der Waals surface area contributed by atoms with Gasteiger partial charge >= 0.3 is 0 Å². The van der Waals surface area contributed by atoms with Gasteiger partial charge in [-0.05, 0) is 18.2 Å². The average molecular weight is 310 g/mol. The molecule has 0 atom stereocenters. The van der Waals surface area contributed by atoms with Crippen molar-refractivity contribution in [3.05, 3.63) is 39.8 Å². The van der Waals surface area contributed by atoms with E-state index in [4.69, 9.17) is 23.2 Å². The smallest absolute Gasteiger partial charge is 0.184 e. The van der Waals surface area contributed by atoms with Crippen LogP contribution in [0.1, 0.15) is 0 Å². The van der Waals surface area contributed by atoms with Crippen molar-refractivity contribution in [2.24, 2.45) is 0 Å². The molecule has 2 heterocycles. The lowest BCUT2D eigenvalue weighted by molar-refractivity contribution is 1.52. The number of thiazole rings is 1. The van der Waals surface area contributed by atoms with E-state index in [-0.39, 0.29) is 0 Å². The van der Waals surface area contributed by atoms with Crippen LogP contribution in [0.4, 0.5) is 0 Å². The number of benzene rings is 2. The fourth-order valence-electron chi connectivity index (χ4n) is 2.21. The Balaban J connectivity index is 2.36. The second-order valence-corrected chi connectivity index (χ2v) is 7.04. The van der Waals surface area contributed by atoms with Gasteiger partial charge in [-0.15, -0.1) is 22.7 Å². The Hall–Kier alpha value is -0.870. The molecule has 0 amide bonds. The van der Waals surface area contributed by atoms with Crippen LogP contribution in [-0.4, -0.2) is 4.98 Å². The third kappa shape index (κ3) is 1.42. The molecular formula is C13H5Cl2NS2. The van der Waals surface area contributed by atoms with Crippen molar-refractivity contribution in [3.8, 4) is 0 Å².